The maximum atomic E-state index is 11.1. The Morgan fingerprint density at radius 3 is 2.77 bits per heavy atom. The minimum atomic E-state index is -0.702. The second kappa shape index (κ2) is 8.36. The summed E-state index contributed by atoms with van der Waals surface area (Å²) in [5.41, 5.74) is 1.17. The molecule has 26 heavy (non-hydrogen) atoms. The minimum absolute atomic E-state index is 0.246. The highest BCUT2D eigenvalue weighted by Gasteiger charge is 2.25. The number of anilines is 2. The summed E-state index contributed by atoms with van der Waals surface area (Å²) in [6.45, 7) is 4.03. The van der Waals surface area contributed by atoms with Crippen molar-refractivity contribution in [3.63, 3.8) is 0 Å². The Morgan fingerprint density at radius 1 is 1.31 bits per heavy atom. The van der Waals surface area contributed by atoms with Gasteiger partial charge in [0.1, 0.15) is 17.5 Å². The first-order valence-corrected chi connectivity index (χ1v) is 9.21. The summed E-state index contributed by atoms with van der Waals surface area (Å²) in [6.07, 6.45) is 2.15. The fraction of sp³-hybridized carbons (Fsp3) is 0.421. The van der Waals surface area contributed by atoms with Gasteiger partial charge in [0.05, 0.1) is 5.92 Å². The third-order valence-corrected chi connectivity index (χ3v) is 4.84. The summed E-state index contributed by atoms with van der Waals surface area (Å²) in [5.74, 6) is 1.39. The van der Waals surface area contributed by atoms with Gasteiger partial charge in [-0.05, 0) is 43.9 Å². The number of hydrogen-bond acceptors (Lipinski definition) is 5. The van der Waals surface area contributed by atoms with Crippen LogP contribution < -0.4 is 10.2 Å². The third kappa shape index (κ3) is 4.85. The van der Waals surface area contributed by atoms with Gasteiger partial charge in [0.15, 0.2) is 0 Å². The Labute approximate surface area is 158 Å². The summed E-state index contributed by atoms with van der Waals surface area (Å²) >= 11 is 6.01. The molecule has 6 nitrogen and oxygen atoms in total. The fourth-order valence-corrected chi connectivity index (χ4v) is 3.40. The molecule has 0 bridgehead atoms. The van der Waals surface area contributed by atoms with Gasteiger partial charge in [0, 0.05) is 30.7 Å². The third-order valence-electron chi connectivity index (χ3n) is 4.60. The van der Waals surface area contributed by atoms with Crippen molar-refractivity contribution in [3.8, 4) is 0 Å². The van der Waals surface area contributed by atoms with Crippen molar-refractivity contribution in [1.82, 2.24) is 9.97 Å². The number of halogens is 1. The highest BCUT2D eigenvalue weighted by Crippen LogP contribution is 2.23. The second-order valence-corrected chi connectivity index (χ2v) is 7.00. The van der Waals surface area contributed by atoms with Gasteiger partial charge >= 0.3 is 5.97 Å². The smallest absolute Gasteiger partial charge is 0.306 e. The van der Waals surface area contributed by atoms with E-state index in [1.807, 2.05) is 31.2 Å². The van der Waals surface area contributed by atoms with E-state index >= 15 is 0 Å². The molecule has 2 N–H and O–H groups in total. The molecule has 0 atom stereocenters. The first kappa shape index (κ1) is 18.5. The maximum absolute atomic E-state index is 11.1. The van der Waals surface area contributed by atoms with Crippen molar-refractivity contribution in [2.75, 3.05) is 29.9 Å². The van der Waals surface area contributed by atoms with Crippen molar-refractivity contribution < 1.29 is 9.90 Å². The summed E-state index contributed by atoms with van der Waals surface area (Å²) in [4.78, 5) is 22.2. The standard InChI is InChI=1S/C19H23ClN4O2/c1-13-22-17(21-8-5-14-3-2-4-16(20)11-14)12-18(23-13)24-9-6-15(7-10-24)19(25)26/h2-4,11-12,15H,5-10H2,1H3,(H,25,26)(H,21,22,23). The number of benzene rings is 1. The summed E-state index contributed by atoms with van der Waals surface area (Å²) < 4.78 is 0. The molecule has 0 radical (unpaired) electrons. The van der Waals surface area contributed by atoms with Crippen LogP contribution in [0.1, 0.15) is 24.2 Å². The highest BCUT2D eigenvalue weighted by molar-refractivity contribution is 6.30. The first-order chi connectivity index (χ1) is 12.5. The Kier molecular flexibility index (Phi) is 5.93. The minimum Gasteiger partial charge on any atom is -0.481 e. The molecule has 1 aliphatic heterocycles. The molecular weight excluding hydrogens is 352 g/mol. The quantitative estimate of drug-likeness (QED) is 0.806. The van der Waals surface area contributed by atoms with Crippen molar-refractivity contribution in [2.24, 2.45) is 5.92 Å². The molecule has 0 amide bonds. The normalized spacial score (nSPS) is 15.1. The zero-order valence-electron chi connectivity index (χ0n) is 14.8. The van der Waals surface area contributed by atoms with Crippen LogP contribution in [0.3, 0.4) is 0 Å². The molecular formula is C19H23ClN4O2. The van der Waals surface area contributed by atoms with Gasteiger partial charge in [-0.3, -0.25) is 4.79 Å². The molecule has 1 saturated heterocycles. The van der Waals surface area contributed by atoms with E-state index in [-0.39, 0.29) is 5.92 Å². The molecule has 0 saturated carbocycles. The van der Waals surface area contributed by atoms with E-state index in [4.69, 9.17) is 16.7 Å². The van der Waals surface area contributed by atoms with Gasteiger partial charge in [-0.2, -0.15) is 0 Å². The van der Waals surface area contributed by atoms with Crippen LogP contribution in [0.5, 0.6) is 0 Å². The van der Waals surface area contributed by atoms with Crippen LogP contribution in [0.15, 0.2) is 30.3 Å². The van der Waals surface area contributed by atoms with Crippen LogP contribution in [0.4, 0.5) is 11.6 Å². The van der Waals surface area contributed by atoms with Crippen LogP contribution in [0.2, 0.25) is 5.02 Å². The van der Waals surface area contributed by atoms with Crippen LogP contribution in [0.25, 0.3) is 0 Å². The number of aromatic nitrogens is 2. The van der Waals surface area contributed by atoms with Gasteiger partial charge in [0.25, 0.3) is 0 Å². The number of carboxylic acid groups (broad SMARTS) is 1. The fourth-order valence-electron chi connectivity index (χ4n) is 3.19. The molecule has 7 heteroatoms. The SMILES string of the molecule is Cc1nc(NCCc2cccc(Cl)c2)cc(N2CCC(C(=O)O)CC2)n1. The lowest BCUT2D eigenvalue weighted by atomic mass is 9.97. The Bertz CT molecular complexity index is 776. The average Bonchev–Trinajstić information content (AvgIpc) is 2.61. The number of hydrogen-bond donors (Lipinski definition) is 2. The average molecular weight is 375 g/mol. The van der Waals surface area contributed by atoms with E-state index in [1.54, 1.807) is 0 Å². The Morgan fingerprint density at radius 2 is 2.08 bits per heavy atom. The van der Waals surface area contributed by atoms with E-state index in [1.165, 1.54) is 5.56 Å². The molecule has 3 rings (SSSR count). The summed E-state index contributed by atoms with van der Waals surface area (Å²) in [5, 5.41) is 13.2. The lowest BCUT2D eigenvalue weighted by Crippen LogP contribution is -2.37. The molecule has 0 spiro atoms. The predicted octanol–water partition coefficient (Wildman–Crippen LogP) is 3.39. The number of rotatable bonds is 6. The lowest BCUT2D eigenvalue weighted by Gasteiger charge is -2.31. The zero-order chi connectivity index (χ0) is 18.5. The second-order valence-electron chi connectivity index (χ2n) is 6.56. The lowest BCUT2D eigenvalue weighted by molar-refractivity contribution is -0.142. The number of aliphatic carboxylic acids is 1. The van der Waals surface area contributed by atoms with Crippen LogP contribution in [-0.4, -0.2) is 40.7 Å². The van der Waals surface area contributed by atoms with Crippen LogP contribution in [-0.2, 0) is 11.2 Å². The van der Waals surface area contributed by atoms with Crippen molar-refractivity contribution in [1.29, 1.82) is 0 Å². The molecule has 138 valence electrons. The van der Waals surface area contributed by atoms with Gasteiger partial charge in [0.2, 0.25) is 0 Å². The molecule has 2 aromatic rings. The molecule has 1 aliphatic rings. The number of nitrogens with zero attached hydrogens (tertiary/aromatic N) is 3. The molecule has 1 fully saturated rings. The highest BCUT2D eigenvalue weighted by atomic mass is 35.5. The Balaban J connectivity index is 1.60. The van der Waals surface area contributed by atoms with E-state index in [0.29, 0.717) is 31.8 Å². The number of carbonyl (C=O) groups is 1. The molecule has 2 heterocycles. The van der Waals surface area contributed by atoms with Crippen molar-refractivity contribution in [3.05, 3.63) is 46.7 Å². The number of carboxylic acids is 1. The van der Waals surface area contributed by atoms with Crippen LogP contribution >= 0.6 is 11.6 Å². The Hall–Kier alpha value is -2.34. The van der Waals surface area contributed by atoms with Gasteiger partial charge in [-0.1, -0.05) is 23.7 Å². The molecule has 0 aliphatic carbocycles. The maximum Gasteiger partial charge on any atom is 0.306 e. The molecule has 0 unspecified atom stereocenters. The van der Waals surface area contributed by atoms with E-state index in [9.17, 15) is 4.79 Å². The summed E-state index contributed by atoms with van der Waals surface area (Å²) in [6, 6.07) is 9.77. The zero-order valence-corrected chi connectivity index (χ0v) is 15.5. The first-order valence-electron chi connectivity index (χ1n) is 8.83. The molecule has 1 aromatic heterocycles. The number of aryl methyl sites for hydroxylation is 1. The number of nitrogens with one attached hydrogen (secondary N) is 1. The van der Waals surface area contributed by atoms with Gasteiger partial charge < -0.3 is 15.3 Å². The van der Waals surface area contributed by atoms with Gasteiger partial charge in [-0.15, -0.1) is 0 Å². The topological polar surface area (TPSA) is 78.4 Å². The van der Waals surface area contributed by atoms with E-state index < -0.39 is 5.97 Å². The van der Waals surface area contributed by atoms with Gasteiger partial charge in [-0.25, -0.2) is 9.97 Å². The number of piperidine rings is 1. The van der Waals surface area contributed by atoms with Crippen LogP contribution in [0, 0.1) is 12.8 Å². The predicted molar refractivity (Wildman–Crippen MR) is 103 cm³/mol. The largest absolute Gasteiger partial charge is 0.481 e. The van der Waals surface area contributed by atoms with Crippen molar-refractivity contribution >= 4 is 29.2 Å². The monoisotopic (exact) mass is 374 g/mol. The molecule has 1 aromatic carbocycles. The summed E-state index contributed by atoms with van der Waals surface area (Å²) in [7, 11) is 0. The van der Waals surface area contributed by atoms with E-state index in [0.717, 1.165) is 29.6 Å². The van der Waals surface area contributed by atoms with Crippen molar-refractivity contribution in [2.45, 2.75) is 26.2 Å². The van der Waals surface area contributed by atoms with E-state index in [2.05, 4.69) is 26.3 Å².